The van der Waals surface area contributed by atoms with E-state index in [4.69, 9.17) is 4.74 Å². The molecule has 1 N–H and O–H groups in total. The van der Waals surface area contributed by atoms with Gasteiger partial charge in [-0.15, -0.1) is 0 Å². The summed E-state index contributed by atoms with van der Waals surface area (Å²) < 4.78 is 8.02. The quantitative estimate of drug-likeness (QED) is 0.238. The first-order chi connectivity index (χ1) is 17.4. The first-order valence-electron chi connectivity index (χ1n) is 13.3. The van der Waals surface area contributed by atoms with Gasteiger partial charge < -0.3 is 10.1 Å². The zero-order valence-electron chi connectivity index (χ0n) is 21.6. The lowest BCUT2D eigenvalue weighted by atomic mass is 9.69. The van der Waals surface area contributed by atoms with E-state index in [1.54, 1.807) is 10.8 Å². The molecule has 2 aliphatic rings. The Hall–Kier alpha value is -3.09. The normalized spacial score (nSPS) is 23.1. The van der Waals surface area contributed by atoms with Crippen LogP contribution in [-0.2, 0) is 19.7 Å². The summed E-state index contributed by atoms with van der Waals surface area (Å²) in [5.41, 5.74) is 1.31. The van der Waals surface area contributed by atoms with Crippen LogP contribution in [0.5, 0.6) is 0 Å². The van der Waals surface area contributed by atoms with Crippen molar-refractivity contribution in [2.45, 2.75) is 76.7 Å². The molecule has 2 fully saturated rings. The topological polar surface area (TPSA) is 84.2 Å². The Morgan fingerprint density at radius 1 is 1.14 bits per heavy atom. The van der Waals surface area contributed by atoms with Crippen LogP contribution in [-0.4, -0.2) is 52.3 Å². The van der Waals surface area contributed by atoms with Crippen molar-refractivity contribution in [3.05, 3.63) is 54.0 Å². The lowest BCUT2D eigenvalue weighted by molar-refractivity contribution is -0.510. The minimum absolute atomic E-state index is 0.0531. The van der Waals surface area contributed by atoms with E-state index in [1.807, 2.05) is 25.1 Å². The van der Waals surface area contributed by atoms with Crippen LogP contribution >= 0.6 is 0 Å². The number of esters is 1. The number of carbonyl (C=O) groups excluding carboxylic acids is 2. The van der Waals surface area contributed by atoms with Gasteiger partial charge in [-0.25, -0.2) is 9.56 Å². The summed E-state index contributed by atoms with van der Waals surface area (Å²) in [6.07, 6.45) is 11.0. The molecule has 2 unspecified atom stereocenters. The molecule has 7 heteroatoms. The second kappa shape index (κ2) is 11.8. The predicted octanol–water partition coefficient (Wildman–Crippen LogP) is 4.69. The molecule has 2 aromatic rings. The van der Waals surface area contributed by atoms with Crippen LogP contribution in [0.25, 0.3) is 0 Å². The third-order valence-corrected chi connectivity index (χ3v) is 7.91. The van der Waals surface area contributed by atoms with Gasteiger partial charge in [0.25, 0.3) is 5.91 Å². The van der Waals surface area contributed by atoms with Crippen molar-refractivity contribution >= 4 is 24.4 Å². The summed E-state index contributed by atoms with van der Waals surface area (Å²) in [6, 6.07) is 10.2. The van der Waals surface area contributed by atoms with Gasteiger partial charge in [0.2, 0.25) is 6.54 Å². The van der Waals surface area contributed by atoms with Crippen LogP contribution in [0.2, 0.25) is 0 Å². The van der Waals surface area contributed by atoms with Gasteiger partial charge in [-0.2, -0.15) is 0 Å². The molecule has 4 rings (SSSR count). The van der Waals surface area contributed by atoms with Crippen molar-refractivity contribution in [3.8, 4) is 0 Å². The van der Waals surface area contributed by atoms with Crippen molar-refractivity contribution < 1.29 is 18.9 Å². The van der Waals surface area contributed by atoms with E-state index < -0.39 is 5.41 Å². The number of rotatable bonds is 9. The molecule has 36 heavy (non-hydrogen) atoms. The molecule has 2 aliphatic carbocycles. The molecule has 3 atom stereocenters. The summed E-state index contributed by atoms with van der Waals surface area (Å²) in [5, 5.41) is 2.77. The lowest BCUT2D eigenvalue weighted by Gasteiger charge is -2.44. The highest BCUT2D eigenvalue weighted by atomic mass is 16.5. The van der Waals surface area contributed by atoms with Crippen molar-refractivity contribution in [1.29, 1.82) is 0 Å². The van der Waals surface area contributed by atoms with Crippen LogP contribution in [0.3, 0.4) is 0 Å². The highest BCUT2D eigenvalue weighted by Crippen LogP contribution is 2.44. The molecule has 1 amide bonds. The van der Waals surface area contributed by atoms with E-state index in [1.165, 1.54) is 19.0 Å². The Bertz CT molecular complexity index is 1060. The smallest absolute Gasteiger partial charge is 0.316 e. The summed E-state index contributed by atoms with van der Waals surface area (Å²) in [7, 11) is 0. The molecule has 1 aromatic carbocycles. The van der Waals surface area contributed by atoms with Gasteiger partial charge in [-0.05, 0) is 37.7 Å². The van der Waals surface area contributed by atoms with Crippen molar-refractivity contribution in [1.82, 2.24) is 9.97 Å². The highest BCUT2D eigenvalue weighted by Gasteiger charge is 2.47. The van der Waals surface area contributed by atoms with Gasteiger partial charge in [0.15, 0.2) is 5.82 Å². The Kier molecular flexibility index (Phi) is 8.49. The van der Waals surface area contributed by atoms with E-state index in [2.05, 4.69) is 41.1 Å². The SMILES string of the molecule is C=[N+](CCC1C(C)C[C@@H]1OC(=O)C1(c2ccccc2)CCCCCC1)CC(=O)Nc1cncc(C)n1. The van der Waals surface area contributed by atoms with Crippen molar-refractivity contribution in [2.24, 2.45) is 11.8 Å². The van der Waals surface area contributed by atoms with Crippen LogP contribution in [0.1, 0.15) is 69.5 Å². The maximum atomic E-state index is 13.7. The second-order valence-electron chi connectivity index (χ2n) is 10.6. The molecule has 2 saturated carbocycles. The van der Waals surface area contributed by atoms with E-state index >= 15 is 0 Å². The number of ether oxygens (including phenoxy) is 1. The maximum Gasteiger partial charge on any atom is 0.316 e. The highest BCUT2D eigenvalue weighted by molar-refractivity contribution is 5.90. The van der Waals surface area contributed by atoms with Crippen molar-refractivity contribution in [2.75, 3.05) is 18.4 Å². The fourth-order valence-electron chi connectivity index (χ4n) is 5.76. The summed E-state index contributed by atoms with van der Waals surface area (Å²) in [6.45, 7) is 8.90. The first kappa shape index (κ1) is 26.0. The van der Waals surface area contributed by atoms with Gasteiger partial charge in [-0.1, -0.05) is 62.9 Å². The minimum Gasteiger partial charge on any atom is -0.461 e. The molecular formula is C29H39N4O3+. The molecule has 0 saturated heterocycles. The molecular weight excluding hydrogens is 452 g/mol. The van der Waals surface area contributed by atoms with E-state index in [9.17, 15) is 9.59 Å². The molecule has 0 spiro atoms. The Morgan fingerprint density at radius 3 is 2.53 bits per heavy atom. The molecule has 1 aromatic heterocycles. The Morgan fingerprint density at radius 2 is 1.86 bits per heavy atom. The number of benzene rings is 1. The number of nitrogens with one attached hydrogen (secondary N) is 1. The zero-order valence-corrected chi connectivity index (χ0v) is 21.6. The molecule has 7 nitrogen and oxygen atoms in total. The predicted molar refractivity (Wildman–Crippen MR) is 140 cm³/mol. The zero-order chi connectivity index (χ0) is 25.5. The molecule has 0 aliphatic heterocycles. The largest absolute Gasteiger partial charge is 0.461 e. The van der Waals surface area contributed by atoms with Gasteiger partial charge in [0, 0.05) is 18.5 Å². The number of aryl methyl sites for hydroxylation is 1. The number of anilines is 1. The summed E-state index contributed by atoms with van der Waals surface area (Å²) >= 11 is 0. The van der Waals surface area contributed by atoms with E-state index in [0.29, 0.717) is 18.3 Å². The lowest BCUT2D eigenvalue weighted by Crippen LogP contribution is -2.48. The van der Waals surface area contributed by atoms with Crippen LogP contribution in [0, 0.1) is 18.8 Å². The number of hydrogen-bond acceptors (Lipinski definition) is 5. The molecule has 1 heterocycles. The summed E-state index contributed by atoms with van der Waals surface area (Å²) in [4.78, 5) is 34.4. The first-order valence-corrected chi connectivity index (χ1v) is 13.3. The Labute approximate surface area is 214 Å². The van der Waals surface area contributed by atoms with Crippen LogP contribution < -0.4 is 5.32 Å². The van der Waals surface area contributed by atoms with Gasteiger partial charge in [0.1, 0.15) is 19.4 Å². The molecule has 0 radical (unpaired) electrons. The summed E-state index contributed by atoms with van der Waals surface area (Å²) in [5.74, 6) is 0.978. The monoisotopic (exact) mass is 491 g/mol. The minimum atomic E-state index is -0.531. The van der Waals surface area contributed by atoms with Crippen molar-refractivity contribution in [3.63, 3.8) is 0 Å². The number of carbonyl (C=O) groups is 2. The number of nitrogens with zero attached hydrogens (tertiary/aromatic N) is 3. The Balaban J connectivity index is 1.32. The third kappa shape index (κ3) is 6.18. The second-order valence-corrected chi connectivity index (χ2v) is 10.6. The van der Waals surface area contributed by atoms with E-state index in [-0.39, 0.29) is 30.4 Å². The van der Waals surface area contributed by atoms with Gasteiger partial charge >= 0.3 is 5.97 Å². The number of hydrogen-bond donors (Lipinski definition) is 1. The fourth-order valence-corrected chi connectivity index (χ4v) is 5.76. The number of aromatic nitrogens is 2. The van der Waals surface area contributed by atoms with Gasteiger partial charge in [-0.3, -0.25) is 14.6 Å². The average molecular weight is 492 g/mol. The average Bonchev–Trinajstić information content (AvgIpc) is 3.11. The fraction of sp³-hybridized carbons (Fsp3) is 0.552. The van der Waals surface area contributed by atoms with E-state index in [0.717, 1.165) is 49.8 Å². The van der Waals surface area contributed by atoms with Crippen LogP contribution in [0.4, 0.5) is 5.82 Å². The standard InChI is InChI=1S/C29H38N4O3/c1-21-17-25(24(21)13-16-33(3)20-27(34)32-26-19-30-18-22(2)31-26)36-28(35)29(14-9-4-5-10-15-29)23-11-7-6-8-12-23/h6-8,11-12,18-19,21,24-25H,3-5,9-10,13-17,20H2,1-2H3/p+1/t21?,24?,25-/m0/s1. The molecule has 192 valence electrons. The van der Waals surface area contributed by atoms with Gasteiger partial charge in [0.05, 0.1) is 17.3 Å². The maximum absolute atomic E-state index is 13.7. The third-order valence-electron chi connectivity index (χ3n) is 7.91. The van der Waals surface area contributed by atoms with Crippen LogP contribution in [0.15, 0.2) is 42.7 Å². The molecule has 0 bridgehead atoms. The number of amides is 1.